The van der Waals surface area contributed by atoms with Crippen LogP contribution in [0.25, 0.3) is 0 Å². The molecule has 88 valence electrons. The van der Waals surface area contributed by atoms with Gasteiger partial charge in [-0.3, -0.25) is 0 Å². The van der Waals surface area contributed by atoms with Gasteiger partial charge >= 0.3 is 0 Å². The first-order chi connectivity index (χ1) is 7.90. The normalized spacial score (nSPS) is 19.6. The highest BCUT2D eigenvalue weighted by molar-refractivity contribution is 5.18. The van der Waals surface area contributed by atoms with E-state index in [4.69, 9.17) is 0 Å². The van der Waals surface area contributed by atoms with Gasteiger partial charge in [0.1, 0.15) is 0 Å². The zero-order chi connectivity index (χ0) is 11.2. The standard InChI is InChI=1S/C13H20N2O/c16-11-13(12-7-3-1-4-8-12)14-15-9-5-2-6-10-15/h1,3-4,7-8,13-14,16H,2,5-6,9-11H2. The molecule has 16 heavy (non-hydrogen) atoms. The molecule has 2 N–H and O–H groups in total. The van der Waals surface area contributed by atoms with Gasteiger partial charge in [0.25, 0.3) is 0 Å². The molecule has 1 atom stereocenters. The summed E-state index contributed by atoms with van der Waals surface area (Å²) in [5, 5.41) is 11.7. The molecule has 0 aromatic heterocycles. The minimum atomic E-state index is 0.0271. The van der Waals surface area contributed by atoms with Gasteiger partial charge in [0.05, 0.1) is 12.6 Å². The third kappa shape index (κ3) is 3.04. The van der Waals surface area contributed by atoms with Crippen molar-refractivity contribution < 1.29 is 5.11 Å². The van der Waals surface area contributed by atoms with E-state index >= 15 is 0 Å². The fraction of sp³-hybridized carbons (Fsp3) is 0.538. The summed E-state index contributed by atoms with van der Waals surface area (Å²) >= 11 is 0. The molecule has 0 saturated carbocycles. The van der Waals surface area contributed by atoms with Gasteiger partial charge in [0.2, 0.25) is 0 Å². The van der Waals surface area contributed by atoms with E-state index in [1.165, 1.54) is 19.3 Å². The quantitative estimate of drug-likeness (QED) is 0.811. The summed E-state index contributed by atoms with van der Waals surface area (Å²) in [6, 6.07) is 10.2. The average Bonchev–Trinajstić information content (AvgIpc) is 2.38. The molecule has 1 unspecified atom stereocenters. The van der Waals surface area contributed by atoms with Crippen molar-refractivity contribution in [2.45, 2.75) is 25.3 Å². The van der Waals surface area contributed by atoms with Gasteiger partial charge < -0.3 is 5.11 Å². The van der Waals surface area contributed by atoms with Crippen LogP contribution in [0.5, 0.6) is 0 Å². The van der Waals surface area contributed by atoms with Crippen molar-refractivity contribution in [3.8, 4) is 0 Å². The highest BCUT2D eigenvalue weighted by Crippen LogP contribution is 2.14. The van der Waals surface area contributed by atoms with Crippen molar-refractivity contribution in [3.63, 3.8) is 0 Å². The second-order valence-corrected chi connectivity index (χ2v) is 4.32. The minimum Gasteiger partial charge on any atom is -0.394 e. The Kier molecular flexibility index (Phi) is 4.34. The molecule has 1 aliphatic heterocycles. The summed E-state index contributed by atoms with van der Waals surface area (Å²) in [6.07, 6.45) is 3.83. The van der Waals surface area contributed by atoms with Crippen molar-refractivity contribution in [2.24, 2.45) is 0 Å². The number of rotatable bonds is 4. The molecule has 0 radical (unpaired) electrons. The maximum atomic E-state index is 9.42. The molecule has 1 aromatic carbocycles. The van der Waals surface area contributed by atoms with Crippen LogP contribution in [-0.2, 0) is 0 Å². The van der Waals surface area contributed by atoms with E-state index < -0.39 is 0 Å². The number of piperidine rings is 1. The molecule has 1 aromatic rings. The molecule has 3 nitrogen and oxygen atoms in total. The monoisotopic (exact) mass is 220 g/mol. The van der Waals surface area contributed by atoms with E-state index in [9.17, 15) is 5.11 Å². The van der Waals surface area contributed by atoms with Gasteiger partial charge in [-0.2, -0.15) is 0 Å². The van der Waals surface area contributed by atoms with Crippen molar-refractivity contribution in [1.82, 2.24) is 10.4 Å². The van der Waals surface area contributed by atoms with Crippen molar-refractivity contribution in [1.29, 1.82) is 0 Å². The lowest BCUT2D eigenvalue weighted by molar-refractivity contribution is 0.101. The Morgan fingerprint density at radius 3 is 2.44 bits per heavy atom. The molecule has 2 rings (SSSR count). The first-order valence-corrected chi connectivity index (χ1v) is 6.07. The van der Waals surface area contributed by atoms with E-state index in [-0.39, 0.29) is 12.6 Å². The Bertz CT molecular complexity index is 296. The van der Waals surface area contributed by atoms with E-state index in [0.29, 0.717) is 0 Å². The molecule has 0 aliphatic carbocycles. The van der Waals surface area contributed by atoms with E-state index in [2.05, 4.69) is 22.6 Å². The molecular weight excluding hydrogens is 200 g/mol. The number of nitrogens with one attached hydrogen (secondary N) is 1. The molecule has 1 heterocycles. The number of hydrazine groups is 1. The lowest BCUT2D eigenvalue weighted by atomic mass is 10.1. The number of hydrogen-bond donors (Lipinski definition) is 2. The summed E-state index contributed by atoms with van der Waals surface area (Å²) in [4.78, 5) is 0. The maximum absolute atomic E-state index is 9.42. The fourth-order valence-corrected chi connectivity index (χ4v) is 2.15. The van der Waals surface area contributed by atoms with E-state index in [1.54, 1.807) is 0 Å². The zero-order valence-electron chi connectivity index (χ0n) is 9.60. The molecule has 0 spiro atoms. The van der Waals surface area contributed by atoms with Crippen LogP contribution >= 0.6 is 0 Å². The molecule has 1 fully saturated rings. The summed E-state index contributed by atoms with van der Waals surface area (Å²) in [7, 11) is 0. The van der Waals surface area contributed by atoms with E-state index in [0.717, 1.165) is 18.7 Å². The van der Waals surface area contributed by atoms with Gasteiger partial charge in [-0.25, -0.2) is 10.4 Å². The topological polar surface area (TPSA) is 35.5 Å². The maximum Gasteiger partial charge on any atom is 0.0695 e. The van der Waals surface area contributed by atoms with Gasteiger partial charge in [0.15, 0.2) is 0 Å². The number of aliphatic hydroxyl groups is 1. The van der Waals surface area contributed by atoms with Gasteiger partial charge in [-0.1, -0.05) is 36.8 Å². The first kappa shape index (κ1) is 11.6. The van der Waals surface area contributed by atoms with Gasteiger partial charge in [-0.15, -0.1) is 0 Å². The number of hydrogen-bond acceptors (Lipinski definition) is 3. The summed E-state index contributed by atoms with van der Waals surface area (Å²) in [5.41, 5.74) is 4.55. The van der Waals surface area contributed by atoms with Gasteiger partial charge in [-0.05, 0) is 18.4 Å². The second kappa shape index (κ2) is 5.99. The molecule has 0 amide bonds. The lowest BCUT2D eigenvalue weighted by Gasteiger charge is -2.31. The van der Waals surface area contributed by atoms with Crippen LogP contribution in [0, 0.1) is 0 Å². The van der Waals surface area contributed by atoms with Crippen LogP contribution < -0.4 is 5.43 Å². The predicted octanol–water partition coefficient (Wildman–Crippen LogP) is 1.71. The van der Waals surface area contributed by atoms with Crippen LogP contribution in [0.15, 0.2) is 30.3 Å². The van der Waals surface area contributed by atoms with Gasteiger partial charge in [0, 0.05) is 13.1 Å². The molecule has 0 bridgehead atoms. The Hall–Kier alpha value is -0.900. The number of nitrogens with zero attached hydrogens (tertiary/aromatic N) is 1. The third-order valence-corrected chi connectivity index (χ3v) is 3.08. The van der Waals surface area contributed by atoms with Crippen LogP contribution in [-0.4, -0.2) is 29.8 Å². The molecule has 1 saturated heterocycles. The lowest BCUT2D eigenvalue weighted by Crippen LogP contribution is -2.44. The number of aliphatic hydroxyl groups excluding tert-OH is 1. The largest absolute Gasteiger partial charge is 0.394 e. The Labute approximate surface area is 97.1 Å². The second-order valence-electron chi connectivity index (χ2n) is 4.32. The van der Waals surface area contributed by atoms with Crippen molar-refractivity contribution in [2.75, 3.05) is 19.7 Å². The summed E-state index contributed by atoms with van der Waals surface area (Å²) in [5.74, 6) is 0. The summed E-state index contributed by atoms with van der Waals surface area (Å²) in [6.45, 7) is 2.31. The SMILES string of the molecule is OCC(NN1CCCCC1)c1ccccc1. The van der Waals surface area contributed by atoms with Crippen LogP contribution in [0.1, 0.15) is 30.9 Å². The molecular formula is C13H20N2O. The van der Waals surface area contributed by atoms with Crippen LogP contribution in [0.2, 0.25) is 0 Å². The molecule has 3 heteroatoms. The fourth-order valence-electron chi connectivity index (χ4n) is 2.15. The van der Waals surface area contributed by atoms with Crippen molar-refractivity contribution >= 4 is 0 Å². The number of benzene rings is 1. The zero-order valence-corrected chi connectivity index (χ0v) is 9.60. The highest BCUT2D eigenvalue weighted by atomic mass is 16.3. The van der Waals surface area contributed by atoms with Crippen molar-refractivity contribution in [3.05, 3.63) is 35.9 Å². The highest BCUT2D eigenvalue weighted by Gasteiger charge is 2.15. The molecule has 1 aliphatic rings. The van der Waals surface area contributed by atoms with Crippen LogP contribution in [0.4, 0.5) is 0 Å². The Morgan fingerprint density at radius 1 is 1.12 bits per heavy atom. The van der Waals surface area contributed by atoms with Crippen LogP contribution in [0.3, 0.4) is 0 Å². The Balaban J connectivity index is 1.94. The predicted molar refractivity (Wildman–Crippen MR) is 64.8 cm³/mol. The van der Waals surface area contributed by atoms with E-state index in [1.807, 2.05) is 18.2 Å². The smallest absolute Gasteiger partial charge is 0.0695 e. The summed E-state index contributed by atoms with van der Waals surface area (Å²) < 4.78 is 0. The minimum absolute atomic E-state index is 0.0271. The third-order valence-electron chi connectivity index (χ3n) is 3.08. The Morgan fingerprint density at radius 2 is 1.81 bits per heavy atom. The average molecular weight is 220 g/mol. The first-order valence-electron chi connectivity index (χ1n) is 6.07.